The number of carbonyl (C=O) groups is 1. The number of ketones is 1. The number of nitrogens with one attached hydrogen (secondary N) is 1. The Labute approximate surface area is 73.4 Å². The van der Waals surface area contributed by atoms with Crippen molar-refractivity contribution < 1.29 is 4.79 Å². The van der Waals surface area contributed by atoms with Crippen molar-refractivity contribution in [3.05, 3.63) is 23.4 Å². The van der Waals surface area contributed by atoms with E-state index in [9.17, 15) is 4.79 Å². The fraction of sp³-hybridized carbons (Fsp3) is 0.500. The van der Waals surface area contributed by atoms with E-state index in [4.69, 9.17) is 0 Å². The highest BCUT2D eigenvalue weighted by atomic mass is 16.1. The minimum Gasteiger partial charge on any atom is -0.378 e. The molecular formula is C10H15NO. The third kappa shape index (κ3) is 2.53. The van der Waals surface area contributed by atoms with Gasteiger partial charge in [-0.1, -0.05) is 6.08 Å². The number of allylic oxidation sites excluding steroid dienone is 3. The van der Waals surface area contributed by atoms with Crippen LogP contribution in [-0.2, 0) is 4.79 Å². The molecule has 0 bridgehead atoms. The van der Waals surface area contributed by atoms with E-state index in [2.05, 4.69) is 24.4 Å². The molecular weight excluding hydrogens is 150 g/mol. The molecule has 0 saturated heterocycles. The lowest BCUT2D eigenvalue weighted by atomic mass is 10.0. The van der Waals surface area contributed by atoms with E-state index >= 15 is 0 Å². The molecule has 0 saturated carbocycles. The molecule has 2 nitrogen and oxygen atoms in total. The van der Waals surface area contributed by atoms with Gasteiger partial charge in [0.1, 0.15) is 5.78 Å². The summed E-state index contributed by atoms with van der Waals surface area (Å²) in [5.41, 5.74) is 2.47. The van der Waals surface area contributed by atoms with E-state index < -0.39 is 0 Å². The van der Waals surface area contributed by atoms with Gasteiger partial charge < -0.3 is 5.32 Å². The van der Waals surface area contributed by atoms with E-state index in [1.807, 2.05) is 0 Å². The maximum atomic E-state index is 10.7. The summed E-state index contributed by atoms with van der Waals surface area (Å²) in [4.78, 5) is 10.7. The fourth-order valence-electron chi connectivity index (χ4n) is 1.21. The summed E-state index contributed by atoms with van der Waals surface area (Å²) in [5, 5.41) is 3.11. The lowest BCUT2D eigenvalue weighted by molar-refractivity contribution is -0.116. The molecule has 0 unspecified atom stereocenters. The summed E-state index contributed by atoms with van der Waals surface area (Å²) >= 11 is 0. The third-order valence-electron chi connectivity index (χ3n) is 1.96. The van der Waals surface area contributed by atoms with Crippen molar-refractivity contribution in [2.24, 2.45) is 0 Å². The van der Waals surface area contributed by atoms with Gasteiger partial charge in [0.25, 0.3) is 0 Å². The van der Waals surface area contributed by atoms with Crippen molar-refractivity contribution in [1.82, 2.24) is 5.32 Å². The minimum absolute atomic E-state index is 0.175. The van der Waals surface area contributed by atoms with E-state index in [1.54, 1.807) is 6.92 Å². The molecule has 1 N–H and O–H groups in total. The van der Waals surface area contributed by atoms with Gasteiger partial charge in [-0.2, -0.15) is 0 Å². The SMILES string of the molecule is CC(=O)CNC1=C(C)CCC=C1. The molecule has 2 heteroatoms. The molecule has 0 radical (unpaired) electrons. The maximum absolute atomic E-state index is 10.7. The number of hydrogen-bond donors (Lipinski definition) is 1. The predicted molar refractivity (Wildman–Crippen MR) is 49.8 cm³/mol. The second-order valence-electron chi connectivity index (χ2n) is 3.19. The van der Waals surface area contributed by atoms with Crippen LogP contribution in [0.15, 0.2) is 23.4 Å². The highest BCUT2D eigenvalue weighted by Gasteiger charge is 2.03. The summed E-state index contributed by atoms with van der Waals surface area (Å²) in [6.07, 6.45) is 6.42. The Bertz CT molecular complexity index is 238. The molecule has 0 aromatic heterocycles. The summed E-state index contributed by atoms with van der Waals surface area (Å²) in [6, 6.07) is 0. The molecule has 0 spiro atoms. The molecule has 0 fully saturated rings. The molecule has 1 aliphatic rings. The maximum Gasteiger partial charge on any atom is 0.148 e. The zero-order chi connectivity index (χ0) is 8.97. The summed E-state index contributed by atoms with van der Waals surface area (Å²) in [6.45, 7) is 4.14. The lowest BCUT2D eigenvalue weighted by Gasteiger charge is -2.13. The summed E-state index contributed by atoms with van der Waals surface area (Å²) in [5.74, 6) is 0.175. The van der Waals surface area contributed by atoms with Crippen molar-refractivity contribution in [2.75, 3.05) is 6.54 Å². The average Bonchev–Trinajstić information content (AvgIpc) is 2.03. The molecule has 0 amide bonds. The first-order chi connectivity index (χ1) is 5.70. The standard InChI is InChI=1S/C10H15NO/c1-8-5-3-4-6-10(8)11-7-9(2)12/h4,6,11H,3,5,7H2,1-2H3. The van der Waals surface area contributed by atoms with Crippen LogP contribution in [0.5, 0.6) is 0 Å². The van der Waals surface area contributed by atoms with Crippen LogP contribution in [0.2, 0.25) is 0 Å². The Balaban J connectivity index is 2.50. The van der Waals surface area contributed by atoms with Gasteiger partial charge in [-0.25, -0.2) is 0 Å². The van der Waals surface area contributed by atoms with E-state index in [1.165, 1.54) is 5.57 Å². The fourth-order valence-corrected chi connectivity index (χ4v) is 1.21. The zero-order valence-electron chi connectivity index (χ0n) is 7.68. The smallest absolute Gasteiger partial charge is 0.148 e. The van der Waals surface area contributed by atoms with Crippen molar-refractivity contribution in [2.45, 2.75) is 26.7 Å². The molecule has 1 aliphatic carbocycles. The first kappa shape index (κ1) is 9.04. The molecule has 1 rings (SSSR count). The van der Waals surface area contributed by atoms with Gasteiger partial charge in [-0.3, -0.25) is 4.79 Å². The summed E-state index contributed by atoms with van der Waals surface area (Å²) in [7, 11) is 0. The Morgan fingerprint density at radius 2 is 2.42 bits per heavy atom. The van der Waals surface area contributed by atoms with Crippen molar-refractivity contribution in [1.29, 1.82) is 0 Å². The topological polar surface area (TPSA) is 29.1 Å². The lowest BCUT2D eigenvalue weighted by Crippen LogP contribution is -2.21. The van der Waals surface area contributed by atoms with Crippen LogP contribution >= 0.6 is 0 Å². The van der Waals surface area contributed by atoms with Crippen LogP contribution in [0.1, 0.15) is 26.7 Å². The first-order valence-corrected chi connectivity index (χ1v) is 4.30. The second-order valence-corrected chi connectivity index (χ2v) is 3.19. The van der Waals surface area contributed by atoms with Crippen LogP contribution in [0.4, 0.5) is 0 Å². The number of Topliss-reactive ketones (excluding diaryl/α,β-unsaturated/α-hetero) is 1. The molecule has 12 heavy (non-hydrogen) atoms. The molecule has 0 heterocycles. The van der Waals surface area contributed by atoms with Gasteiger partial charge in [0.2, 0.25) is 0 Å². The average molecular weight is 165 g/mol. The van der Waals surface area contributed by atoms with Gasteiger partial charge in [0, 0.05) is 5.70 Å². The largest absolute Gasteiger partial charge is 0.378 e. The van der Waals surface area contributed by atoms with Gasteiger partial charge in [-0.05, 0) is 38.3 Å². The van der Waals surface area contributed by atoms with Gasteiger partial charge in [-0.15, -0.1) is 0 Å². The first-order valence-electron chi connectivity index (χ1n) is 4.30. The highest BCUT2D eigenvalue weighted by molar-refractivity contribution is 5.77. The van der Waals surface area contributed by atoms with Crippen LogP contribution in [-0.4, -0.2) is 12.3 Å². The monoisotopic (exact) mass is 165 g/mol. The normalized spacial score (nSPS) is 16.5. The zero-order valence-corrected chi connectivity index (χ0v) is 7.68. The number of rotatable bonds is 3. The Kier molecular flexibility index (Phi) is 3.09. The van der Waals surface area contributed by atoms with Crippen LogP contribution in [0, 0.1) is 0 Å². The van der Waals surface area contributed by atoms with Crippen molar-refractivity contribution >= 4 is 5.78 Å². The Morgan fingerprint density at radius 3 is 3.00 bits per heavy atom. The van der Waals surface area contributed by atoms with Crippen LogP contribution < -0.4 is 5.32 Å². The molecule has 66 valence electrons. The predicted octanol–water partition coefficient (Wildman–Crippen LogP) is 1.79. The van der Waals surface area contributed by atoms with Crippen LogP contribution in [0.3, 0.4) is 0 Å². The highest BCUT2D eigenvalue weighted by Crippen LogP contribution is 2.15. The quantitative estimate of drug-likeness (QED) is 0.690. The third-order valence-corrected chi connectivity index (χ3v) is 1.96. The van der Waals surface area contributed by atoms with E-state index in [-0.39, 0.29) is 5.78 Å². The molecule has 0 aromatic rings. The van der Waals surface area contributed by atoms with Crippen molar-refractivity contribution in [3.8, 4) is 0 Å². The van der Waals surface area contributed by atoms with Crippen LogP contribution in [0.25, 0.3) is 0 Å². The molecule has 0 aliphatic heterocycles. The van der Waals surface area contributed by atoms with Gasteiger partial charge in [0.15, 0.2) is 0 Å². The van der Waals surface area contributed by atoms with Gasteiger partial charge >= 0.3 is 0 Å². The van der Waals surface area contributed by atoms with Crippen molar-refractivity contribution in [3.63, 3.8) is 0 Å². The number of carbonyl (C=O) groups excluding carboxylic acids is 1. The molecule has 0 aromatic carbocycles. The number of hydrogen-bond acceptors (Lipinski definition) is 2. The van der Waals surface area contributed by atoms with Gasteiger partial charge in [0.05, 0.1) is 6.54 Å². The second kappa shape index (κ2) is 4.10. The van der Waals surface area contributed by atoms with E-state index in [0.717, 1.165) is 18.5 Å². The molecule has 0 atom stereocenters. The minimum atomic E-state index is 0.175. The van der Waals surface area contributed by atoms with E-state index in [0.29, 0.717) is 6.54 Å². The Hall–Kier alpha value is -1.05. The Morgan fingerprint density at radius 1 is 1.67 bits per heavy atom. The summed E-state index contributed by atoms with van der Waals surface area (Å²) < 4.78 is 0.